The first kappa shape index (κ1) is 16.6. The average Bonchev–Trinajstić information content (AvgIpc) is 3.29. The summed E-state index contributed by atoms with van der Waals surface area (Å²) in [6, 6.07) is 0.894. The van der Waals surface area contributed by atoms with Crippen molar-refractivity contribution in [3.63, 3.8) is 0 Å². The van der Waals surface area contributed by atoms with E-state index in [1.54, 1.807) is 12.8 Å². The molecule has 0 heterocycles. The fourth-order valence-electron chi connectivity index (χ4n) is 8.26. The van der Waals surface area contributed by atoms with Crippen LogP contribution < -0.4 is 10.6 Å². The van der Waals surface area contributed by atoms with E-state index in [9.17, 15) is 0 Å². The summed E-state index contributed by atoms with van der Waals surface area (Å²) >= 11 is 0. The Morgan fingerprint density at radius 2 is 1.52 bits per heavy atom. The molecule has 9 atom stereocenters. The lowest BCUT2D eigenvalue weighted by Crippen LogP contribution is -2.39. The van der Waals surface area contributed by atoms with Crippen molar-refractivity contribution in [1.82, 2.24) is 10.6 Å². The molecule has 0 amide bonds. The predicted molar refractivity (Wildman–Crippen MR) is 104 cm³/mol. The number of rotatable bonds is 9. The zero-order valence-corrected chi connectivity index (χ0v) is 16.3. The van der Waals surface area contributed by atoms with Crippen molar-refractivity contribution < 1.29 is 0 Å². The van der Waals surface area contributed by atoms with Gasteiger partial charge < -0.3 is 10.6 Å². The largest absolute Gasteiger partial charge is 0.312 e. The molecule has 6 saturated carbocycles. The van der Waals surface area contributed by atoms with Crippen LogP contribution in [0.3, 0.4) is 0 Å². The van der Waals surface area contributed by atoms with E-state index >= 15 is 0 Å². The Morgan fingerprint density at radius 1 is 0.840 bits per heavy atom. The lowest BCUT2D eigenvalue weighted by Gasteiger charge is -2.33. The Bertz CT molecular complexity index is 559. The van der Waals surface area contributed by atoms with Gasteiger partial charge in [0, 0.05) is 25.7 Å². The van der Waals surface area contributed by atoms with E-state index in [0.29, 0.717) is 0 Å². The van der Waals surface area contributed by atoms with Crippen molar-refractivity contribution in [1.29, 1.82) is 0 Å². The second-order valence-electron chi connectivity index (χ2n) is 9.99. The maximum atomic E-state index is 4.00. The second-order valence-corrected chi connectivity index (χ2v) is 9.99. The molecule has 1 unspecified atom stereocenters. The van der Waals surface area contributed by atoms with Crippen molar-refractivity contribution in [3.8, 4) is 0 Å². The zero-order chi connectivity index (χ0) is 17.1. The third-order valence-corrected chi connectivity index (χ3v) is 8.69. The van der Waals surface area contributed by atoms with Gasteiger partial charge in [-0.3, -0.25) is 0 Å². The molecular formula is C23H36N2. The van der Waals surface area contributed by atoms with Crippen molar-refractivity contribution in [3.05, 3.63) is 23.3 Å². The summed E-state index contributed by atoms with van der Waals surface area (Å²) in [6.45, 7) is 9.94. The zero-order valence-electron chi connectivity index (χ0n) is 16.3. The third kappa shape index (κ3) is 2.43. The molecule has 2 heteroatoms. The van der Waals surface area contributed by atoms with Crippen LogP contribution in [0.2, 0.25) is 0 Å². The van der Waals surface area contributed by atoms with Crippen LogP contribution in [0, 0.1) is 47.3 Å². The molecule has 6 rings (SSSR count). The molecule has 0 aromatic rings. The highest BCUT2D eigenvalue weighted by molar-refractivity contribution is 5.29. The highest BCUT2D eigenvalue weighted by atomic mass is 15.0. The molecule has 25 heavy (non-hydrogen) atoms. The molecule has 0 saturated heterocycles. The van der Waals surface area contributed by atoms with E-state index < -0.39 is 0 Å². The maximum absolute atomic E-state index is 4.00. The third-order valence-electron chi connectivity index (χ3n) is 8.69. The summed E-state index contributed by atoms with van der Waals surface area (Å²) in [4.78, 5) is 0. The summed E-state index contributed by atoms with van der Waals surface area (Å²) in [7, 11) is 0. The molecule has 6 aliphatic carbocycles. The molecule has 0 aliphatic heterocycles. The Balaban J connectivity index is 1.02. The highest BCUT2D eigenvalue weighted by Crippen LogP contribution is 2.82. The van der Waals surface area contributed by atoms with Crippen LogP contribution in [0.1, 0.15) is 46.5 Å². The Labute approximate surface area is 153 Å². The van der Waals surface area contributed by atoms with Crippen LogP contribution in [-0.2, 0) is 0 Å². The number of hydrogen-bond acceptors (Lipinski definition) is 2. The minimum Gasteiger partial charge on any atom is -0.312 e. The smallest absolute Gasteiger partial charge is 0.0137 e. The summed E-state index contributed by atoms with van der Waals surface area (Å²) in [5.41, 5.74) is 2.95. The van der Waals surface area contributed by atoms with Crippen molar-refractivity contribution >= 4 is 0 Å². The fourth-order valence-corrected chi connectivity index (χ4v) is 8.26. The Kier molecular flexibility index (Phi) is 4.13. The number of hydrogen-bond donors (Lipinski definition) is 2. The molecule has 6 bridgehead atoms. The molecule has 6 fully saturated rings. The van der Waals surface area contributed by atoms with Gasteiger partial charge in [0.05, 0.1) is 0 Å². The van der Waals surface area contributed by atoms with Crippen LogP contribution in [0.15, 0.2) is 23.3 Å². The fraction of sp³-hybridized carbons (Fsp3) is 0.826. The van der Waals surface area contributed by atoms with Gasteiger partial charge in [0.15, 0.2) is 0 Å². The SMILES string of the molecule is CC(C)=CCC/C(C)=C/CNCCNC1[C@H]2[C@H]3C[C@H]4[C@@H]5C[C@@H]([C@H]1[C@@H]35)[C@@H]42. The van der Waals surface area contributed by atoms with E-state index in [1.165, 1.54) is 35.8 Å². The monoisotopic (exact) mass is 340 g/mol. The van der Waals surface area contributed by atoms with Gasteiger partial charge in [-0.05, 0) is 93.8 Å². The Hall–Kier alpha value is -0.600. The first-order chi connectivity index (χ1) is 12.2. The molecule has 2 nitrogen and oxygen atoms in total. The lowest BCUT2D eigenvalue weighted by molar-refractivity contribution is 0.132. The maximum Gasteiger partial charge on any atom is 0.0137 e. The van der Waals surface area contributed by atoms with E-state index in [1.807, 2.05) is 0 Å². The summed E-state index contributed by atoms with van der Waals surface area (Å²) < 4.78 is 0. The summed E-state index contributed by atoms with van der Waals surface area (Å²) in [6.07, 6.45) is 10.3. The number of nitrogens with one attached hydrogen (secondary N) is 2. The standard InChI is InChI=1S/C23H36N2/c1-13(2)5-4-6-14(3)7-8-24-9-10-25-23-21-17-11-15-16-12-18(19(15)21)22(23)20(16)17/h5,7,15-25H,4,6,8-12H2,1-3H3/b14-7+/t15-,16-,17-,18+,19+,20+,21-,22-,23?/m0/s1. The van der Waals surface area contributed by atoms with Crippen molar-refractivity contribution in [2.75, 3.05) is 19.6 Å². The van der Waals surface area contributed by atoms with E-state index in [2.05, 4.69) is 43.6 Å². The first-order valence-corrected chi connectivity index (χ1v) is 10.9. The molecular weight excluding hydrogens is 304 g/mol. The highest BCUT2D eigenvalue weighted by Gasteiger charge is 2.79. The van der Waals surface area contributed by atoms with Gasteiger partial charge in [-0.2, -0.15) is 0 Å². The van der Waals surface area contributed by atoms with Crippen molar-refractivity contribution in [2.45, 2.75) is 52.5 Å². The van der Waals surface area contributed by atoms with E-state index in [0.717, 1.165) is 61.2 Å². The van der Waals surface area contributed by atoms with E-state index in [4.69, 9.17) is 0 Å². The van der Waals surface area contributed by atoms with E-state index in [-0.39, 0.29) is 0 Å². The van der Waals surface area contributed by atoms with Gasteiger partial charge in [0.25, 0.3) is 0 Å². The summed E-state index contributed by atoms with van der Waals surface area (Å²) in [5, 5.41) is 7.62. The van der Waals surface area contributed by atoms with Gasteiger partial charge in [-0.25, -0.2) is 0 Å². The van der Waals surface area contributed by atoms with Crippen LogP contribution >= 0.6 is 0 Å². The molecule has 2 N–H and O–H groups in total. The minimum absolute atomic E-state index is 0.894. The van der Waals surface area contributed by atoms with Crippen LogP contribution in [0.5, 0.6) is 0 Å². The molecule has 0 spiro atoms. The second kappa shape index (κ2) is 6.23. The lowest BCUT2D eigenvalue weighted by atomic mass is 9.71. The Morgan fingerprint density at radius 3 is 2.16 bits per heavy atom. The topological polar surface area (TPSA) is 24.1 Å². The molecule has 0 aromatic heterocycles. The van der Waals surface area contributed by atoms with Crippen LogP contribution in [-0.4, -0.2) is 25.7 Å². The molecule has 0 radical (unpaired) electrons. The van der Waals surface area contributed by atoms with Crippen LogP contribution in [0.25, 0.3) is 0 Å². The summed E-state index contributed by atoms with van der Waals surface area (Å²) in [5.74, 6) is 9.10. The predicted octanol–water partition coefficient (Wildman–Crippen LogP) is 4.00. The van der Waals surface area contributed by atoms with Gasteiger partial charge in [0.2, 0.25) is 0 Å². The van der Waals surface area contributed by atoms with Crippen molar-refractivity contribution in [2.24, 2.45) is 47.3 Å². The molecule has 0 aromatic carbocycles. The van der Waals surface area contributed by atoms with Gasteiger partial charge in [-0.15, -0.1) is 0 Å². The van der Waals surface area contributed by atoms with Gasteiger partial charge in [-0.1, -0.05) is 23.3 Å². The molecule has 6 aliphatic rings. The normalized spacial score (nSPS) is 47.6. The number of allylic oxidation sites excluding steroid dienone is 3. The van der Waals surface area contributed by atoms with Crippen LogP contribution in [0.4, 0.5) is 0 Å². The van der Waals surface area contributed by atoms with Gasteiger partial charge >= 0.3 is 0 Å². The molecule has 138 valence electrons. The first-order valence-electron chi connectivity index (χ1n) is 10.9. The quantitative estimate of drug-likeness (QED) is 0.490. The minimum atomic E-state index is 0.894. The van der Waals surface area contributed by atoms with Gasteiger partial charge in [0.1, 0.15) is 0 Å². The average molecular weight is 341 g/mol.